The first-order valence-corrected chi connectivity index (χ1v) is 5.57. The van der Waals surface area contributed by atoms with Crippen LogP contribution in [0.4, 0.5) is 0 Å². The lowest BCUT2D eigenvalue weighted by Crippen LogP contribution is -2.16. The highest BCUT2D eigenvalue weighted by atomic mass is 35.5. The highest BCUT2D eigenvalue weighted by molar-refractivity contribution is 6.33. The molecule has 0 spiro atoms. The van der Waals surface area contributed by atoms with Crippen molar-refractivity contribution in [3.05, 3.63) is 28.3 Å². The van der Waals surface area contributed by atoms with Crippen molar-refractivity contribution < 1.29 is 9.47 Å². The van der Waals surface area contributed by atoms with Crippen LogP contribution in [-0.2, 0) is 0 Å². The van der Waals surface area contributed by atoms with E-state index in [1.165, 1.54) is 0 Å². The van der Waals surface area contributed by atoms with Gasteiger partial charge in [-0.1, -0.05) is 23.8 Å². The maximum Gasteiger partial charge on any atom is 0.180 e. The topological polar surface area (TPSA) is 44.5 Å². The number of hydrogen-bond donors (Lipinski definition) is 1. The lowest BCUT2D eigenvalue weighted by atomic mass is 10.1. The average Bonchev–Trinajstić information content (AvgIpc) is 2.32. The largest absolute Gasteiger partial charge is 0.486 e. The van der Waals surface area contributed by atoms with Crippen LogP contribution in [0.25, 0.3) is 6.08 Å². The van der Waals surface area contributed by atoms with E-state index in [9.17, 15) is 0 Å². The zero-order chi connectivity index (χ0) is 11.5. The molecule has 0 aliphatic carbocycles. The van der Waals surface area contributed by atoms with Crippen LogP contribution in [0.5, 0.6) is 11.5 Å². The quantitative estimate of drug-likeness (QED) is 0.862. The smallest absolute Gasteiger partial charge is 0.180 e. The van der Waals surface area contributed by atoms with E-state index in [1.54, 1.807) is 0 Å². The number of fused-ring (bicyclic) bond motifs is 1. The van der Waals surface area contributed by atoms with Crippen molar-refractivity contribution in [2.75, 3.05) is 19.8 Å². The summed E-state index contributed by atoms with van der Waals surface area (Å²) in [5.41, 5.74) is 7.42. The molecule has 1 heterocycles. The van der Waals surface area contributed by atoms with Gasteiger partial charge in [-0.2, -0.15) is 0 Å². The zero-order valence-electron chi connectivity index (χ0n) is 9.13. The van der Waals surface area contributed by atoms with Gasteiger partial charge < -0.3 is 15.2 Å². The maximum atomic E-state index is 6.23. The van der Waals surface area contributed by atoms with Crippen molar-refractivity contribution in [1.29, 1.82) is 0 Å². The summed E-state index contributed by atoms with van der Waals surface area (Å²) in [6.45, 7) is 3.57. The second-order valence-electron chi connectivity index (χ2n) is 3.57. The summed E-state index contributed by atoms with van der Waals surface area (Å²) in [7, 11) is 0. The van der Waals surface area contributed by atoms with E-state index in [0.29, 0.717) is 36.3 Å². The normalized spacial score (nSPS) is 14.4. The lowest BCUT2D eigenvalue weighted by Gasteiger charge is -2.21. The number of nitrogens with two attached hydrogens (primary N) is 1. The zero-order valence-corrected chi connectivity index (χ0v) is 9.88. The van der Waals surface area contributed by atoms with Gasteiger partial charge in [0.05, 0.1) is 5.02 Å². The summed E-state index contributed by atoms with van der Waals surface area (Å²) >= 11 is 6.23. The Morgan fingerprint density at radius 2 is 2.19 bits per heavy atom. The molecule has 0 unspecified atom stereocenters. The molecule has 0 saturated carbocycles. The number of halogens is 1. The van der Waals surface area contributed by atoms with Crippen LogP contribution in [0, 0.1) is 6.92 Å². The first-order chi connectivity index (χ1) is 7.74. The molecule has 1 aliphatic heterocycles. The minimum Gasteiger partial charge on any atom is -0.486 e. The van der Waals surface area contributed by atoms with Crippen molar-refractivity contribution in [3.8, 4) is 11.5 Å². The fraction of sp³-hybridized carbons (Fsp3) is 0.333. The van der Waals surface area contributed by atoms with E-state index in [1.807, 2.05) is 25.1 Å². The predicted octanol–water partition coefficient (Wildman–Crippen LogP) is 2.39. The molecule has 0 saturated heterocycles. The predicted molar refractivity (Wildman–Crippen MR) is 65.3 cm³/mol. The van der Waals surface area contributed by atoms with E-state index in [4.69, 9.17) is 26.8 Å². The molecule has 2 rings (SSSR count). The van der Waals surface area contributed by atoms with Gasteiger partial charge in [0.15, 0.2) is 11.5 Å². The number of rotatable bonds is 2. The van der Waals surface area contributed by atoms with Crippen LogP contribution in [0.3, 0.4) is 0 Å². The van der Waals surface area contributed by atoms with Gasteiger partial charge in [-0.25, -0.2) is 0 Å². The molecular formula is C12H14ClNO2. The molecule has 1 aliphatic rings. The van der Waals surface area contributed by atoms with Crippen LogP contribution in [-0.4, -0.2) is 19.8 Å². The van der Waals surface area contributed by atoms with E-state index < -0.39 is 0 Å². The molecule has 0 radical (unpaired) electrons. The van der Waals surface area contributed by atoms with Gasteiger partial charge in [0.25, 0.3) is 0 Å². The van der Waals surface area contributed by atoms with E-state index in [-0.39, 0.29) is 0 Å². The van der Waals surface area contributed by atoms with E-state index >= 15 is 0 Å². The Labute approximate surface area is 99.8 Å². The Balaban J connectivity index is 2.48. The average molecular weight is 240 g/mol. The molecule has 0 aromatic heterocycles. The lowest BCUT2D eigenvalue weighted by molar-refractivity contribution is 0.171. The van der Waals surface area contributed by atoms with Gasteiger partial charge in [0, 0.05) is 6.54 Å². The molecule has 86 valence electrons. The Morgan fingerprint density at radius 3 is 2.94 bits per heavy atom. The molecule has 4 heteroatoms. The van der Waals surface area contributed by atoms with E-state index in [0.717, 1.165) is 11.1 Å². The summed E-state index contributed by atoms with van der Waals surface area (Å²) in [5, 5.41) is 0.619. The molecule has 1 aromatic carbocycles. The molecule has 1 aromatic rings. The molecule has 3 nitrogen and oxygen atoms in total. The van der Waals surface area contributed by atoms with Crippen LogP contribution in [0.15, 0.2) is 12.1 Å². The third-order valence-electron chi connectivity index (χ3n) is 2.49. The Hall–Kier alpha value is -1.19. The molecular weight excluding hydrogens is 226 g/mol. The molecule has 0 fully saturated rings. The van der Waals surface area contributed by atoms with Crippen LogP contribution in [0.1, 0.15) is 11.1 Å². The Kier molecular flexibility index (Phi) is 3.36. The van der Waals surface area contributed by atoms with Crippen LogP contribution < -0.4 is 15.2 Å². The van der Waals surface area contributed by atoms with Crippen LogP contribution in [0.2, 0.25) is 5.02 Å². The minimum atomic E-state index is 0.505. The van der Waals surface area contributed by atoms with Crippen molar-refractivity contribution in [3.63, 3.8) is 0 Å². The standard InChI is InChI=1S/C12H14ClNO2/c1-8-9(3-2-4-14)7-10-12(11(8)13)16-6-5-15-10/h2-3,7H,4-6,14H2,1H3/b3-2+. The molecule has 16 heavy (non-hydrogen) atoms. The van der Waals surface area contributed by atoms with Gasteiger partial charge in [0.1, 0.15) is 13.2 Å². The minimum absolute atomic E-state index is 0.505. The second-order valence-corrected chi connectivity index (χ2v) is 3.94. The van der Waals surface area contributed by atoms with Gasteiger partial charge in [-0.05, 0) is 24.1 Å². The van der Waals surface area contributed by atoms with E-state index in [2.05, 4.69) is 0 Å². The fourth-order valence-corrected chi connectivity index (χ4v) is 1.88. The summed E-state index contributed by atoms with van der Waals surface area (Å²) in [6.07, 6.45) is 3.83. The van der Waals surface area contributed by atoms with Crippen molar-refractivity contribution in [1.82, 2.24) is 0 Å². The van der Waals surface area contributed by atoms with Crippen LogP contribution >= 0.6 is 11.6 Å². The van der Waals surface area contributed by atoms with Gasteiger partial charge in [-0.3, -0.25) is 0 Å². The molecule has 0 atom stereocenters. The van der Waals surface area contributed by atoms with Gasteiger partial charge >= 0.3 is 0 Å². The molecule has 0 amide bonds. The first kappa shape index (κ1) is 11.3. The van der Waals surface area contributed by atoms with Crippen molar-refractivity contribution >= 4 is 17.7 Å². The SMILES string of the molecule is Cc1c(/C=C/CN)cc2c(c1Cl)OCCO2. The fourth-order valence-electron chi connectivity index (χ4n) is 1.63. The summed E-state index contributed by atoms with van der Waals surface area (Å²) in [4.78, 5) is 0. The third kappa shape index (κ3) is 2.01. The van der Waals surface area contributed by atoms with Crippen molar-refractivity contribution in [2.45, 2.75) is 6.92 Å². The number of benzene rings is 1. The summed E-state index contributed by atoms with van der Waals surface area (Å²) in [6, 6.07) is 1.93. The van der Waals surface area contributed by atoms with Gasteiger partial charge in [-0.15, -0.1) is 0 Å². The Morgan fingerprint density at radius 1 is 1.44 bits per heavy atom. The third-order valence-corrected chi connectivity index (χ3v) is 2.95. The summed E-state index contributed by atoms with van der Waals surface area (Å²) < 4.78 is 11.0. The Bertz CT molecular complexity index is 430. The summed E-state index contributed by atoms with van der Waals surface area (Å²) in [5.74, 6) is 1.36. The molecule has 0 bridgehead atoms. The maximum absolute atomic E-state index is 6.23. The second kappa shape index (κ2) is 4.76. The number of ether oxygens (including phenoxy) is 2. The number of hydrogen-bond acceptors (Lipinski definition) is 3. The molecule has 2 N–H and O–H groups in total. The monoisotopic (exact) mass is 239 g/mol. The first-order valence-electron chi connectivity index (χ1n) is 5.19. The highest BCUT2D eigenvalue weighted by Gasteiger charge is 2.18. The van der Waals surface area contributed by atoms with Gasteiger partial charge in [0.2, 0.25) is 0 Å². The van der Waals surface area contributed by atoms with Crippen molar-refractivity contribution in [2.24, 2.45) is 5.73 Å². The highest BCUT2D eigenvalue weighted by Crippen LogP contribution is 2.41.